The Morgan fingerprint density at radius 3 is 2.59 bits per heavy atom. The maximum atomic E-state index is 13.9. The van der Waals surface area contributed by atoms with Crippen molar-refractivity contribution in [2.75, 3.05) is 5.32 Å². The second-order valence-corrected chi connectivity index (χ2v) is 7.14. The second kappa shape index (κ2) is 8.33. The molecule has 2 atom stereocenters. The van der Waals surface area contributed by atoms with Gasteiger partial charge >= 0.3 is 0 Å². The van der Waals surface area contributed by atoms with Crippen molar-refractivity contribution in [3.05, 3.63) is 65.0 Å². The molecule has 2 amide bonds. The molecule has 0 bridgehead atoms. The standard InChI is InChI=1S/C22H25FN2O2/c1-3-14(2)20(25-21(26)18-9-4-5-10-19(18)23)22(27)24-17-12-11-15-7-6-8-16(15)13-17/h4-5,9-14,20H,3,6-8H2,1-2H3,(H,24,27)(H,25,26)/t14-,20-/m0/s1. The number of rotatable bonds is 6. The minimum Gasteiger partial charge on any atom is -0.340 e. The van der Waals surface area contributed by atoms with Gasteiger partial charge in [0.1, 0.15) is 11.9 Å². The number of nitrogens with one attached hydrogen (secondary N) is 2. The van der Waals surface area contributed by atoms with Gasteiger partial charge in [0.15, 0.2) is 0 Å². The van der Waals surface area contributed by atoms with Crippen LogP contribution >= 0.6 is 0 Å². The monoisotopic (exact) mass is 368 g/mol. The first-order chi connectivity index (χ1) is 13.0. The summed E-state index contributed by atoms with van der Waals surface area (Å²) in [6, 6.07) is 11.0. The molecule has 0 spiro atoms. The average Bonchev–Trinajstić information content (AvgIpc) is 3.13. The Hall–Kier alpha value is -2.69. The largest absolute Gasteiger partial charge is 0.340 e. The van der Waals surface area contributed by atoms with Crippen LogP contribution in [0.2, 0.25) is 0 Å². The molecule has 142 valence electrons. The fraction of sp³-hybridized carbons (Fsp3) is 0.364. The van der Waals surface area contributed by atoms with Gasteiger partial charge in [-0.15, -0.1) is 0 Å². The maximum absolute atomic E-state index is 13.9. The molecule has 3 rings (SSSR count). The SMILES string of the molecule is CC[C@H](C)[C@H](NC(=O)c1ccccc1F)C(=O)Nc1ccc2c(c1)CCC2. The van der Waals surface area contributed by atoms with Gasteiger partial charge in [-0.25, -0.2) is 4.39 Å². The zero-order valence-electron chi connectivity index (χ0n) is 15.7. The van der Waals surface area contributed by atoms with E-state index in [2.05, 4.69) is 10.6 Å². The highest BCUT2D eigenvalue weighted by Gasteiger charge is 2.27. The van der Waals surface area contributed by atoms with Crippen LogP contribution in [0.5, 0.6) is 0 Å². The number of anilines is 1. The Balaban J connectivity index is 1.75. The fourth-order valence-electron chi connectivity index (χ4n) is 3.44. The van der Waals surface area contributed by atoms with Crippen molar-refractivity contribution in [1.29, 1.82) is 0 Å². The van der Waals surface area contributed by atoms with Gasteiger partial charge in [-0.1, -0.05) is 38.5 Å². The molecule has 1 aliphatic carbocycles. The highest BCUT2D eigenvalue weighted by atomic mass is 19.1. The lowest BCUT2D eigenvalue weighted by atomic mass is 9.97. The number of benzene rings is 2. The summed E-state index contributed by atoms with van der Waals surface area (Å²) in [5.41, 5.74) is 3.27. The molecule has 0 saturated carbocycles. The third kappa shape index (κ3) is 4.35. The maximum Gasteiger partial charge on any atom is 0.254 e. The zero-order chi connectivity index (χ0) is 19.4. The number of carbonyl (C=O) groups excluding carboxylic acids is 2. The van der Waals surface area contributed by atoms with Crippen LogP contribution in [-0.2, 0) is 17.6 Å². The first kappa shape index (κ1) is 19.1. The second-order valence-electron chi connectivity index (χ2n) is 7.14. The Morgan fingerprint density at radius 1 is 1.11 bits per heavy atom. The number of hydrogen-bond acceptors (Lipinski definition) is 2. The van der Waals surface area contributed by atoms with Crippen LogP contribution < -0.4 is 10.6 Å². The molecule has 0 heterocycles. The van der Waals surface area contributed by atoms with Crippen LogP contribution in [-0.4, -0.2) is 17.9 Å². The van der Waals surface area contributed by atoms with Crippen LogP contribution in [0, 0.1) is 11.7 Å². The molecule has 2 aromatic carbocycles. The first-order valence-corrected chi connectivity index (χ1v) is 9.47. The van der Waals surface area contributed by atoms with Crippen molar-refractivity contribution < 1.29 is 14.0 Å². The summed E-state index contributed by atoms with van der Waals surface area (Å²) in [4.78, 5) is 25.3. The van der Waals surface area contributed by atoms with Crippen molar-refractivity contribution in [2.24, 2.45) is 5.92 Å². The average molecular weight is 368 g/mol. The molecular weight excluding hydrogens is 343 g/mol. The van der Waals surface area contributed by atoms with E-state index in [1.807, 2.05) is 32.0 Å². The molecule has 0 radical (unpaired) electrons. The van der Waals surface area contributed by atoms with Crippen molar-refractivity contribution in [3.63, 3.8) is 0 Å². The highest BCUT2D eigenvalue weighted by Crippen LogP contribution is 2.25. The van der Waals surface area contributed by atoms with Crippen LogP contribution in [0.15, 0.2) is 42.5 Å². The summed E-state index contributed by atoms with van der Waals surface area (Å²) in [7, 11) is 0. The highest BCUT2D eigenvalue weighted by molar-refractivity contribution is 6.01. The number of hydrogen-bond donors (Lipinski definition) is 2. The summed E-state index contributed by atoms with van der Waals surface area (Å²) in [6.45, 7) is 3.85. The van der Waals surface area contributed by atoms with E-state index in [1.54, 1.807) is 6.07 Å². The van der Waals surface area contributed by atoms with Gasteiger partial charge < -0.3 is 10.6 Å². The third-order valence-electron chi connectivity index (χ3n) is 5.27. The molecule has 1 aliphatic rings. The van der Waals surface area contributed by atoms with E-state index < -0.39 is 17.8 Å². The summed E-state index contributed by atoms with van der Waals surface area (Å²) in [5, 5.41) is 5.62. The van der Waals surface area contributed by atoms with Crippen LogP contribution in [0.4, 0.5) is 10.1 Å². The van der Waals surface area contributed by atoms with E-state index in [0.29, 0.717) is 6.42 Å². The molecule has 0 fully saturated rings. The number of amides is 2. The Bertz CT molecular complexity index is 850. The number of aryl methyl sites for hydroxylation is 2. The minimum absolute atomic E-state index is 0.0591. The summed E-state index contributed by atoms with van der Waals surface area (Å²) in [6.07, 6.45) is 3.95. The van der Waals surface area contributed by atoms with Gasteiger partial charge in [0.2, 0.25) is 5.91 Å². The lowest BCUT2D eigenvalue weighted by Crippen LogP contribution is -2.47. The lowest BCUT2D eigenvalue weighted by molar-refractivity contribution is -0.119. The number of carbonyl (C=O) groups is 2. The lowest BCUT2D eigenvalue weighted by Gasteiger charge is -2.24. The van der Waals surface area contributed by atoms with E-state index >= 15 is 0 Å². The first-order valence-electron chi connectivity index (χ1n) is 9.47. The van der Waals surface area contributed by atoms with E-state index in [1.165, 1.54) is 29.3 Å². The van der Waals surface area contributed by atoms with Gasteiger partial charge in [0.05, 0.1) is 5.56 Å². The molecular formula is C22H25FN2O2. The smallest absolute Gasteiger partial charge is 0.254 e. The van der Waals surface area contributed by atoms with Crippen molar-refractivity contribution in [3.8, 4) is 0 Å². The predicted octanol–water partition coefficient (Wildman–Crippen LogP) is 4.10. The van der Waals surface area contributed by atoms with Gasteiger partial charge in [0.25, 0.3) is 5.91 Å². The number of halogens is 1. The molecule has 5 heteroatoms. The third-order valence-corrected chi connectivity index (χ3v) is 5.27. The van der Waals surface area contributed by atoms with Gasteiger partial charge in [-0.05, 0) is 60.6 Å². The van der Waals surface area contributed by atoms with Crippen LogP contribution in [0.3, 0.4) is 0 Å². The van der Waals surface area contributed by atoms with Crippen LogP contribution in [0.25, 0.3) is 0 Å². The normalized spacial score (nSPS) is 14.9. The molecule has 0 unspecified atom stereocenters. The Kier molecular flexibility index (Phi) is 5.89. The van der Waals surface area contributed by atoms with E-state index in [9.17, 15) is 14.0 Å². The molecule has 0 aromatic heterocycles. The molecule has 2 N–H and O–H groups in total. The van der Waals surface area contributed by atoms with E-state index in [4.69, 9.17) is 0 Å². The molecule has 2 aromatic rings. The van der Waals surface area contributed by atoms with Crippen molar-refractivity contribution in [2.45, 2.75) is 45.6 Å². The van der Waals surface area contributed by atoms with Gasteiger partial charge in [-0.3, -0.25) is 9.59 Å². The Labute approximate surface area is 159 Å². The van der Waals surface area contributed by atoms with Crippen molar-refractivity contribution in [1.82, 2.24) is 5.32 Å². The quantitative estimate of drug-likeness (QED) is 0.807. The van der Waals surface area contributed by atoms with E-state index in [0.717, 1.165) is 24.9 Å². The molecule has 4 nitrogen and oxygen atoms in total. The molecule has 0 saturated heterocycles. The number of fused-ring (bicyclic) bond motifs is 1. The topological polar surface area (TPSA) is 58.2 Å². The van der Waals surface area contributed by atoms with E-state index in [-0.39, 0.29) is 17.4 Å². The summed E-state index contributed by atoms with van der Waals surface area (Å²) < 4.78 is 13.9. The van der Waals surface area contributed by atoms with Gasteiger partial charge in [0, 0.05) is 5.69 Å². The van der Waals surface area contributed by atoms with Crippen LogP contribution in [0.1, 0.15) is 48.2 Å². The Morgan fingerprint density at radius 2 is 1.85 bits per heavy atom. The molecule has 27 heavy (non-hydrogen) atoms. The zero-order valence-corrected chi connectivity index (χ0v) is 15.7. The predicted molar refractivity (Wildman–Crippen MR) is 104 cm³/mol. The minimum atomic E-state index is -0.740. The summed E-state index contributed by atoms with van der Waals surface area (Å²) in [5.74, 6) is -1.55. The summed E-state index contributed by atoms with van der Waals surface area (Å²) >= 11 is 0. The van der Waals surface area contributed by atoms with Crippen molar-refractivity contribution >= 4 is 17.5 Å². The molecule has 0 aliphatic heterocycles. The fourth-order valence-corrected chi connectivity index (χ4v) is 3.44. The van der Waals surface area contributed by atoms with Gasteiger partial charge in [-0.2, -0.15) is 0 Å².